The predicted molar refractivity (Wildman–Crippen MR) is 85.2 cm³/mol. The molecule has 0 aromatic heterocycles. The second-order valence-electron chi connectivity index (χ2n) is 4.99. The Hall–Kier alpha value is -2.76. The number of esters is 1. The van der Waals surface area contributed by atoms with E-state index in [-0.39, 0.29) is 17.7 Å². The number of hydrogen-bond acceptors (Lipinski definition) is 3. The van der Waals surface area contributed by atoms with Crippen molar-refractivity contribution in [2.45, 2.75) is 20.8 Å². The number of rotatable bonds is 3. The highest BCUT2D eigenvalue weighted by Gasteiger charge is 2.12. The highest BCUT2D eigenvalue weighted by molar-refractivity contribution is 5.90. The number of halogens is 2. The van der Waals surface area contributed by atoms with Crippen molar-refractivity contribution in [3.05, 3.63) is 70.3 Å². The van der Waals surface area contributed by atoms with Gasteiger partial charge in [0.25, 0.3) is 0 Å². The number of aryl methyl sites for hydroxylation is 2. The molecule has 0 radical (unpaired) electrons. The van der Waals surface area contributed by atoms with E-state index in [0.29, 0.717) is 0 Å². The van der Waals surface area contributed by atoms with Gasteiger partial charge in [-0.05, 0) is 45.0 Å². The Morgan fingerprint density at radius 3 is 1.83 bits per heavy atom. The summed E-state index contributed by atoms with van der Waals surface area (Å²) < 4.78 is 30.4. The Bertz CT molecular complexity index is 742. The average Bonchev–Trinajstić information content (AvgIpc) is 2.52. The normalized spacial score (nSPS) is 9.71. The van der Waals surface area contributed by atoms with E-state index in [1.165, 1.54) is 24.3 Å². The number of carboxylic acids is 1. The number of carboxylic acid groups (broad SMARTS) is 1. The molecule has 0 saturated heterocycles. The zero-order chi connectivity index (χ0) is 18.3. The van der Waals surface area contributed by atoms with Crippen molar-refractivity contribution in [2.24, 2.45) is 0 Å². The molecule has 0 fully saturated rings. The molecule has 2 aromatic carbocycles. The molecule has 0 saturated carbocycles. The van der Waals surface area contributed by atoms with Crippen molar-refractivity contribution >= 4 is 11.9 Å². The Kier molecular flexibility index (Phi) is 7.04. The van der Waals surface area contributed by atoms with Crippen LogP contribution in [0.1, 0.15) is 38.8 Å². The monoisotopic (exact) mass is 336 g/mol. The van der Waals surface area contributed by atoms with E-state index in [1.807, 2.05) is 0 Å². The molecule has 0 amide bonds. The second kappa shape index (κ2) is 8.76. The summed E-state index contributed by atoms with van der Waals surface area (Å²) in [7, 11) is 0. The van der Waals surface area contributed by atoms with Crippen molar-refractivity contribution < 1.29 is 28.2 Å². The van der Waals surface area contributed by atoms with Crippen LogP contribution in [-0.2, 0) is 4.74 Å². The van der Waals surface area contributed by atoms with Crippen molar-refractivity contribution in [3.8, 4) is 0 Å². The van der Waals surface area contributed by atoms with Crippen molar-refractivity contribution in [2.75, 3.05) is 6.61 Å². The van der Waals surface area contributed by atoms with Crippen LogP contribution in [0.5, 0.6) is 0 Å². The van der Waals surface area contributed by atoms with Gasteiger partial charge in [-0.3, -0.25) is 0 Å². The highest BCUT2D eigenvalue weighted by Crippen LogP contribution is 2.11. The van der Waals surface area contributed by atoms with Gasteiger partial charge in [0.2, 0.25) is 0 Å². The predicted octanol–water partition coefficient (Wildman–Crippen LogP) is 4.14. The molecule has 24 heavy (non-hydrogen) atoms. The Labute approximate surface area is 138 Å². The number of benzene rings is 2. The fraction of sp³-hybridized carbons (Fsp3) is 0.222. The number of aromatic carboxylic acids is 1. The molecule has 4 nitrogen and oxygen atoms in total. The van der Waals surface area contributed by atoms with E-state index in [1.54, 1.807) is 26.8 Å². The summed E-state index contributed by atoms with van der Waals surface area (Å²) in [4.78, 5) is 21.5. The van der Waals surface area contributed by atoms with Crippen LogP contribution in [0.2, 0.25) is 0 Å². The first-order chi connectivity index (χ1) is 11.3. The summed E-state index contributed by atoms with van der Waals surface area (Å²) in [6, 6.07) is 8.34. The van der Waals surface area contributed by atoms with Gasteiger partial charge in [-0.2, -0.15) is 0 Å². The number of hydrogen-bond donors (Lipinski definition) is 1. The standard InChI is InChI=1S/C10H11FO2.C8H7FO2/c1-3-13-10(12)8-6-7(2)4-5-9(8)11;1-5-2-3-7(9)6(4-5)8(10)11/h4-6H,3H2,1-2H3;2-4H,1H3,(H,10,11). The molecule has 0 spiro atoms. The third-order valence-electron chi connectivity index (χ3n) is 2.97. The number of ether oxygens (including phenoxy) is 1. The lowest BCUT2D eigenvalue weighted by atomic mass is 10.1. The molecule has 0 heterocycles. The first-order valence-electron chi connectivity index (χ1n) is 7.19. The van der Waals surface area contributed by atoms with Gasteiger partial charge in [0.05, 0.1) is 17.7 Å². The first kappa shape index (κ1) is 19.3. The average molecular weight is 336 g/mol. The summed E-state index contributed by atoms with van der Waals surface area (Å²) >= 11 is 0. The van der Waals surface area contributed by atoms with E-state index >= 15 is 0 Å². The summed E-state index contributed by atoms with van der Waals surface area (Å²) in [6.07, 6.45) is 0. The van der Waals surface area contributed by atoms with Gasteiger partial charge >= 0.3 is 11.9 Å². The van der Waals surface area contributed by atoms with Crippen LogP contribution >= 0.6 is 0 Å². The first-order valence-corrected chi connectivity index (χ1v) is 7.19. The number of carbonyl (C=O) groups is 2. The van der Waals surface area contributed by atoms with Crippen LogP contribution in [0.15, 0.2) is 36.4 Å². The van der Waals surface area contributed by atoms with Crippen molar-refractivity contribution in [1.29, 1.82) is 0 Å². The van der Waals surface area contributed by atoms with Gasteiger partial charge < -0.3 is 9.84 Å². The van der Waals surface area contributed by atoms with Crippen LogP contribution in [0, 0.1) is 25.5 Å². The lowest BCUT2D eigenvalue weighted by Gasteiger charge is -2.03. The summed E-state index contributed by atoms with van der Waals surface area (Å²) in [6.45, 7) is 5.45. The van der Waals surface area contributed by atoms with Crippen LogP contribution in [0.4, 0.5) is 8.78 Å². The molecule has 2 rings (SSSR count). The Morgan fingerprint density at radius 2 is 1.42 bits per heavy atom. The quantitative estimate of drug-likeness (QED) is 0.856. The smallest absolute Gasteiger partial charge is 0.341 e. The van der Waals surface area contributed by atoms with Gasteiger partial charge in [0.15, 0.2) is 0 Å². The molecule has 0 aliphatic carbocycles. The summed E-state index contributed by atoms with van der Waals surface area (Å²) in [5.41, 5.74) is 1.31. The third kappa shape index (κ3) is 5.46. The third-order valence-corrected chi connectivity index (χ3v) is 2.97. The molecule has 0 bridgehead atoms. The molecule has 2 aromatic rings. The lowest BCUT2D eigenvalue weighted by molar-refractivity contribution is 0.0520. The van der Waals surface area contributed by atoms with Crippen LogP contribution in [-0.4, -0.2) is 23.7 Å². The zero-order valence-electron chi connectivity index (χ0n) is 13.6. The Morgan fingerprint density at radius 1 is 0.958 bits per heavy atom. The summed E-state index contributed by atoms with van der Waals surface area (Å²) in [5.74, 6) is -3.07. The maximum atomic E-state index is 13.0. The maximum Gasteiger partial charge on any atom is 0.341 e. The van der Waals surface area contributed by atoms with E-state index in [9.17, 15) is 18.4 Å². The molecule has 1 N–H and O–H groups in total. The molecule has 128 valence electrons. The van der Waals surface area contributed by atoms with E-state index in [4.69, 9.17) is 5.11 Å². The van der Waals surface area contributed by atoms with E-state index in [2.05, 4.69) is 4.74 Å². The summed E-state index contributed by atoms with van der Waals surface area (Å²) in [5, 5.41) is 8.45. The second-order valence-corrected chi connectivity index (χ2v) is 4.99. The maximum absolute atomic E-state index is 13.0. The minimum atomic E-state index is -1.23. The SMILES string of the molecule is CCOC(=O)c1cc(C)ccc1F.Cc1ccc(F)c(C(=O)O)c1. The molecule has 0 aliphatic heterocycles. The molecule has 0 atom stereocenters. The van der Waals surface area contributed by atoms with Gasteiger partial charge in [-0.1, -0.05) is 23.3 Å². The molecule has 6 heteroatoms. The fourth-order valence-electron chi connectivity index (χ4n) is 1.81. The molecule has 0 aliphatic rings. The number of carbonyl (C=O) groups excluding carboxylic acids is 1. The molecular weight excluding hydrogens is 318 g/mol. The zero-order valence-corrected chi connectivity index (χ0v) is 13.6. The van der Waals surface area contributed by atoms with E-state index < -0.39 is 23.6 Å². The fourth-order valence-corrected chi connectivity index (χ4v) is 1.81. The minimum Gasteiger partial charge on any atom is -0.478 e. The highest BCUT2D eigenvalue weighted by atomic mass is 19.1. The topological polar surface area (TPSA) is 63.6 Å². The lowest BCUT2D eigenvalue weighted by Crippen LogP contribution is -2.07. The van der Waals surface area contributed by atoms with Gasteiger partial charge in [0, 0.05) is 0 Å². The molecular formula is C18H18F2O4. The van der Waals surface area contributed by atoms with Gasteiger partial charge in [-0.25, -0.2) is 18.4 Å². The van der Waals surface area contributed by atoms with E-state index in [0.717, 1.165) is 17.2 Å². The van der Waals surface area contributed by atoms with Gasteiger partial charge in [0.1, 0.15) is 11.6 Å². The van der Waals surface area contributed by atoms with Crippen LogP contribution in [0.3, 0.4) is 0 Å². The van der Waals surface area contributed by atoms with Gasteiger partial charge in [-0.15, -0.1) is 0 Å². The Balaban J connectivity index is 0.000000243. The van der Waals surface area contributed by atoms with Crippen LogP contribution in [0.25, 0.3) is 0 Å². The van der Waals surface area contributed by atoms with Crippen molar-refractivity contribution in [1.82, 2.24) is 0 Å². The largest absolute Gasteiger partial charge is 0.478 e. The van der Waals surface area contributed by atoms with Crippen molar-refractivity contribution in [3.63, 3.8) is 0 Å². The minimum absolute atomic E-state index is 0.00171. The molecule has 0 unspecified atom stereocenters. The van der Waals surface area contributed by atoms with Crippen LogP contribution < -0.4 is 0 Å².